The molecule has 1 aliphatic carbocycles. The Morgan fingerprint density at radius 1 is 1.20 bits per heavy atom. The smallest absolute Gasteiger partial charge is 0.0255 e. The van der Waals surface area contributed by atoms with Crippen molar-refractivity contribution in [3.8, 4) is 0 Å². The lowest BCUT2D eigenvalue weighted by Crippen LogP contribution is -2.55. The van der Waals surface area contributed by atoms with E-state index >= 15 is 0 Å². The molecule has 4 atom stereocenters. The summed E-state index contributed by atoms with van der Waals surface area (Å²) in [5.74, 6) is 0.903. The summed E-state index contributed by atoms with van der Waals surface area (Å²) in [4.78, 5) is 5.21. The number of hydrogen-bond acceptors (Lipinski definition) is 3. The maximum atomic E-state index is 3.84. The van der Waals surface area contributed by atoms with Crippen LogP contribution in [0.5, 0.6) is 0 Å². The molecule has 1 heterocycles. The van der Waals surface area contributed by atoms with E-state index in [1.54, 1.807) is 0 Å². The Bertz CT molecular complexity index is 277. The molecular weight excluding hydrogens is 246 g/mol. The van der Waals surface area contributed by atoms with E-state index in [9.17, 15) is 0 Å². The van der Waals surface area contributed by atoms with Gasteiger partial charge in [0.2, 0.25) is 0 Å². The van der Waals surface area contributed by atoms with Crippen LogP contribution in [0.15, 0.2) is 0 Å². The van der Waals surface area contributed by atoms with Crippen LogP contribution < -0.4 is 5.32 Å². The van der Waals surface area contributed by atoms with E-state index in [0.29, 0.717) is 0 Å². The third-order valence-electron chi connectivity index (χ3n) is 5.16. The molecule has 2 fully saturated rings. The third-order valence-corrected chi connectivity index (χ3v) is 5.16. The first kappa shape index (κ1) is 16.3. The third kappa shape index (κ3) is 4.19. The monoisotopic (exact) mass is 281 g/mol. The van der Waals surface area contributed by atoms with Crippen molar-refractivity contribution in [2.75, 3.05) is 33.7 Å². The minimum absolute atomic E-state index is 0.730. The molecule has 2 aliphatic rings. The van der Waals surface area contributed by atoms with E-state index in [4.69, 9.17) is 0 Å². The van der Waals surface area contributed by atoms with Gasteiger partial charge in [-0.2, -0.15) is 0 Å². The Morgan fingerprint density at radius 3 is 2.70 bits per heavy atom. The number of nitrogens with zero attached hydrogens (tertiary/aromatic N) is 2. The predicted octanol–water partition coefficient (Wildman–Crippen LogP) is 2.57. The van der Waals surface area contributed by atoms with Crippen molar-refractivity contribution in [3.05, 3.63) is 0 Å². The number of nitrogens with one attached hydrogen (secondary N) is 1. The van der Waals surface area contributed by atoms with Crippen LogP contribution in [0.25, 0.3) is 0 Å². The summed E-state index contributed by atoms with van der Waals surface area (Å²) in [7, 11) is 4.43. The number of likely N-dealkylation sites (N-methyl/N-ethyl adjacent to an activating group) is 1. The van der Waals surface area contributed by atoms with Crippen LogP contribution in [0.4, 0.5) is 0 Å². The molecule has 3 nitrogen and oxygen atoms in total. The van der Waals surface area contributed by atoms with E-state index in [2.05, 4.69) is 43.1 Å². The average Bonchev–Trinajstić information content (AvgIpc) is 2.84. The van der Waals surface area contributed by atoms with Crippen LogP contribution in [-0.4, -0.2) is 61.7 Å². The summed E-state index contributed by atoms with van der Waals surface area (Å²) in [5, 5.41) is 3.84. The van der Waals surface area contributed by atoms with Crippen molar-refractivity contribution in [3.63, 3.8) is 0 Å². The van der Waals surface area contributed by atoms with Crippen LogP contribution in [0, 0.1) is 5.92 Å². The van der Waals surface area contributed by atoms with Gasteiger partial charge in [-0.25, -0.2) is 0 Å². The average molecular weight is 281 g/mol. The number of likely N-dealkylation sites (tertiary alicyclic amines) is 1. The highest BCUT2D eigenvalue weighted by molar-refractivity contribution is 4.95. The quantitative estimate of drug-likeness (QED) is 0.807. The molecule has 0 aromatic carbocycles. The van der Waals surface area contributed by atoms with Crippen LogP contribution in [-0.2, 0) is 0 Å². The van der Waals surface area contributed by atoms with Crippen molar-refractivity contribution in [1.82, 2.24) is 15.1 Å². The van der Waals surface area contributed by atoms with Crippen LogP contribution in [0.3, 0.4) is 0 Å². The van der Waals surface area contributed by atoms with Gasteiger partial charge in [0.05, 0.1) is 0 Å². The van der Waals surface area contributed by atoms with Gasteiger partial charge in [-0.05, 0) is 71.6 Å². The van der Waals surface area contributed by atoms with Crippen molar-refractivity contribution in [1.29, 1.82) is 0 Å². The fourth-order valence-electron chi connectivity index (χ4n) is 4.20. The number of rotatable bonds is 6. The van der Waals surface area contributed by atoms with Gasteiger partial charge in [-0.15, -0.1) is 0 Å². The zero-order valence-corrected chi connectivity index (χ0v) is 14.1. The first-order valence-corrected chi connectivity index (χ1v) is 8.75. The van der Waals surface area contributed by atoms with Gasteiger partial charge in [-0.1, -0.05) is 13.8 Å². The maximum Gasteiger partial charge on any atom is 0.0255 e. The lowest BCUT2D eigenvalue weighted by atomic mass is 9.82. The van der Waals surface area contributed by atoms with Crippen molar-refractivity contribution < 1.29 is 0 Å². The molecule has 2 rings (SSSR count). The SMILES string of the molecule is CCCNC1CCC(C)CC1N1CCCC1CN(C)C. The lowest BCUT2D eigenvalue weighted by molar-refractivity contribution is 0.0794. The van der Waals surface area contributed by atoms with Crippen LogP contribution in [0.2, 0.25) is 0 Å². The first-order valence-electron chi connectivity index (χ1n) is 8.75. The molecule has 1 aliphatic heterocycles. The maximum absolute atomic E-state index is 3.84. The molecule has 1 saturated carbocycles. The lowest BCUT2D eigenvalue weighted by Gasteiger charge is -2.44. The Labute approximate surface area is 126 Å². The summed E-state index contributed by atoms with van der Waals surface area (Å²) in [6.07, 6.45) is 8.21. The Hall–Kier alpha value is -0.120. The van der Waals surface area contributed by atoms with Crippen molar-refractivity contribution in [2.24, 2.45) is 5.92 Å². The number of hydrogen-bond donors (Lipinski definition) is 1. The first-order chi connectivity index (χ1) is 9.61. The van der Waals surface area contributed by atoms with Gasteiger partial charge >= 0.3 is 0 Å². The topological polar surface area (TPSA) is 18.5 Å². The van der Waals surface area contributed by atoms with E-state index < -0.39 is 0 Å². The van der Waals surface area contributed by atoms with Gasteiger partial charge in [0.1, 0.15) is 0 Å². The molecule has 118 valence electrons. The summed E-state index contributed by atoms with van der Waals surface area (Å²) in [6.45, 7) is 8.45. The molecular formula is C17H35N3. The van der Waals surface area contributed by atoms with Crippen LogP contribution in [0.1, 0.15) is 52.4 Å². The minimum Gasteiger partial charge on any atom is -0.312 e. The second kappa shape index (κ2) is 7.77. The summed E-state index contributed by atoms with van der Waals surface area (Å²) in [6, 6.07) is 2.29. The second-order valence-corrected chi connectivity index (χ2v) is 7.34. The minimum atomic E-state index is 0.730. The molecule has 0 spiro atoms. The summed E-state index contributed by atoms with van der Waals surface area (Å²) >= 11 is 0. The molecule has 0 radical (unpaired) electrons. The molecule has 0 bridgehead atoms. The van der Waals surface area contributed by atoms with E-state index in [-0.39, 0.29) is 0 Å². The summed E-state index contributed by atoms with van der Waals surface area (Å²) < 4.78 is 0. The molecule has 4 unspecified atom stereocenters. The highest BCUT2D eigenvalue weighted by Crippen LogP contribution is 2.32. The molecule has 20 heavy (non-hydrogen) atoms. The standard InChI is InChI=1S/C17H35N3/c1-5-10-18-16-9-8-14(2)12-17(16)20-11-6-7-15(20)13-19(3)4/h14-18H,5-13H2,1-4H3. The molecule has 1 saturated heterocycles. The predicted molar refractivity (Wildman–Crippen MR) is 87.2 cm³/mol. The molecule has 0 aromatic rings. The highest BCUT2D eigenvalue weighted by Gasteiger charge is 2.37. The van der Waals surface area contributed by atoms with Crippen molar-refractivity contribution >= 4 is 0 Å². The second-order valence-electron chi connectivity index (χ2n) is 7.34. The highest BCUT2D eigenvalue weighted by atomic mass is 15.3. The Morgan fingerprint density at radius 2 is 2.00 bits per heavy atom. The molecule has 0 amide bonds. The van der Waals surface area contributed by atoms with Crippen LogP contribution >= 0.6 is 0 Å². The fraction of sp³-hybridized carbons (Fsp3) is 1.00. The zero-order valence-electron chi connectivity index (χ0n) is 14.1. The molecule has 3 heteroatoms. The van der Waals surface area contributed by atoms with E-state index in [0.717, 1.165) is 24.0 Å². The Balaban J connectivity index is 2.00. The van der Waals surface area contributed by atoms with Gasteiger partial charge in [0.25, 0.3) is 0 Å². The fourth-order valence-corrected chi connectivity index (χ4v) is 4.20. The van der Waals surface area contributed by atoms with Crippen molar-refractivity contribution in [2.45, 2.75) is 70.5 Å². The molecule has 0 aromatic heterocycles. The normalized spacial score (nSPS) is 35.9. The van der Waals surface area contributed by atoms with Gasteiger partial charge in [0, 0.05) is 24.7 Å². The van der Waals surface area contributed by atoms with Gasteiger partial charge < -0.3 is 10.2 Å². The zero-order chi connectivity index (χ0) is 14.5. The molecule has 1 N–H and O–H groups in total. The van der Waals surface area contributed by atoms with Gasteiger partial charge in [0.15, 0.2) is 0 Å². The van der Waals surface area contributed by atoms with E-state index in [1.807, 2.05) is 0 Å². The van der Waals surface area contributed by atoms with E-state index in [1.165, 1.54) is 58.2 Å². The Kier molecular flexibility index (Phi) is 6.31. The van der Waals surface area contributed by atoms with Gasteiger partial charge in [-0.3, -0.25) is 4.90 Å². The largest absolute Gasteiger partial charge is 0.312 e. The summed E-state index contributed by atoms with van der Waals surface area (Å²) in [5.41, 5.74) is 0.